The third-order valence-electron chi connectivity index (χ3n) is 3.55. The number of hydrogen-bond acceptors (Lipinski definition) is 1. The average Bonchev–Trinajstić information content (AvgIpc) is 2.46. The number of fused-ring (bicyclic) bond motifs is 1. The van der Waals surface area contributed by atoms with Crippen molar-refractivity contribution in [2.45, 2.75) is 25.7 Å². The molecule has 1 heterocycles. The molecule has 1 aliphatic carbocycles. The first-order valence-corrected chi connectivity index (χ1v) is 6.62. The van der Waals surface area contributed by atoms with Gasteiger partial charge in [0, 0.05) is 12.4 Å². The molecule has 0 bridgehead atoms. The standard InChI is InChI=1S/C17H17N/c1-2-4-17-13-15(7-8-16(17)3-1)6-5-14-9-11-18-12-10-14/h5-13H,1-4H2. The van der Waals surface area contributed by atoms with Crippen LogP contribution in [0.3, 0.4) is 0 Å². The largest absolute Gasteiger partial charge is 0.265 e. The first-order chi connectivity index (χ1) is 8.92. The van der Waals surface area contributed by atoms with Crippen molar-refractivity contribution >= 4 is 12.2 Å². The second kappa shape index (κ2) is 5.18. The fraction of sp³-hybridized carbons (Fsp3) is 0.235. The maximum Gasteiger partial charge on any atom is 0.0273 e. The van der Waals surface area contributed by atoms with Gasteiger partial charge in [0.05, 0.1) is 0 Å². The van der Waals surface area contributed by atoms with Crippen molar-refractivity contribution in [1.29, 1.82) is 0 Å². The number of rotatable bonds is 2. The highest BCUT2D eigenvalue weighted by Crippen LogP contribution is 2.23. The lowest BCUT2D eigenvalue weighted by Crippen LogP contribution is -2.02. The van der Waals surface area contributed by atoms with Crippen LogP contribution in [0.1, 0.15) is 35.1 Å². The highest BCUT2D eigenvalue weighted by atomic mass is 14.6. The maximum atomic E-state index is 4.02. The van der Waals surface area contributed by atoms with Gasteiger partial charge in [0.15, 0.2) is 0 Å². The number of aryl methyl sites for hydroxylation is 2. The average molecular weight is 235 g/mol. The lowest BCUT2D eigenvalue weighted by atomic mass is 9.90. The summed E-state index contributed by atoms with van der Waals surface area (Å²) in [6, 6.07) is 10.9. The summed E-state index contributed by atoms with van der Waals surface area (Å²) in [5, 5.41) is 0. The van der Waals surface area contributed by atoms with Gasteiger partial charge in [-0.15, -0.1) is 0 Å². The second-order valence-corrected chi connectivity index (χ2v) is 4.85. The van der Waals surface area contributed by atoms with Gasteiger partial charge in [-0.05, 0) is 60.1 Å². The van der Waals surface area contributed by atoms with Crippen LogP contribution in [0.25, 0.3) is 12.2 Å². The van der Waals surface area contributed by atoms with Crippen molar-refractivity contribution in [3.05, 3.63) is 65.0 Å². The smallest absolute Gasteiger partial charge is 0.0273 e. The van der Waals surface area contributed by atoms with Gasteiger partial charge in [0.1, 0.15) is 0 Å². The van der Waals surface area contributed by atoms with Crippen LogP contribution in [0.15, 0.2) is 42.7 Å². The molecule has 0 amide bonds. The number of pyridine rings is 1. The lowest BCUT2D eigenvalue weighted by molar-refractivity contribution is 0.685. The van der Waals surface area contributed by atoms with Crippen LogP contribution in [0.2, 0.25) is 0 Å². The van der Waals surface area contributed by atoms with Gasteiger partial charge in [-0.1, -0.05) is 30.4 Å². The summed E-state index contributed by atoms with van der Waals surface area (Å²) in [6.07, 6.45) is 13.2. The molecule has 0 N–H and O–H groups in total. The van der Waals surface area contributed by atoms with Gasteiger partial charge in [-0.25, -0.2) is 0 Å². The van der Waals surface area contributed by atoms with Crippen LogP contribution in [-0.4, -0.2) is 4.98 Å². The van der Waals surface area contributed by atoms with E-state index < -0.39 is 0 Å². The molecule has 0 saturated carbocycles. The number of benzene rings is 1. The molecule has 0 saturated heterocycles. The zero-order valence-electron chi connectivity index (χ0n) is 10.5. The van der Waals surface area contributed by atoms with Crippen LogP contribution in [-0.2, 0) is 12.8 Å². The normalized spacial score (nSPS) is 14.7. The van der Waals surface area contributed by atoms with Crippen molar-refractivity contribution in [1.82, 2.24) is 4.98 Å². The maximum absolute atomic E-state index is 4.02. The first-order valence-electron chi connectivity index (χ1n) is 6.62. The van der Waals surface area contributed by atoms with Crippen LogP contribution in [0.5, 0.6) is 0 Å². The molecule has 0 atom stereocenters. The van der Waals surface area contributed by atoms with E-state index in [4.69, 9.17) is 0 Å². The van der Waals surface area contributed by atoms with Crippen LogP contribution >= 0.6 is 0 Å². The minimum absolute atomic E-state index is 1.20. The molecule has 0 radical (unpaired) electrons. The Morgan fingerprint density at radius 1 is 0.778 bits per heavy atom. The third kappa shape index (κ3) is 2.51. The molecule has 0 unspecified atom stereocenters. The SMILES string of the molecule is C(=Cc1ccc2c(c1)CCCC2)c1ccncc1. The Morgan fingerprint density at radius 2 is 1.50 bits per heavy atom. The summed E-state index contributed by atoms with van der Waals surface area (Å²) in [5.41, 5.74) is 5.58. The molecule has 1 heteroatoms. The molecule has 2 aromatic rings. The van der Waals surface area contributed by atoms with E-state index >= 15 is 0 Å². The van der Waals surface area contributed by atoms with E-state index in [1.54, 1.807) is 5.56 Å². The van der Waals surface area contributed by atoms with E-state index in [1.165, 1.54) is 42.4 Å². The van der Waals surface area contributed by atoms with Crippen LogP contribution in [0, 0.1) is 0 Å². The summed E-state index contributed by atoms with van der Waals surface area (Å²) < 4.78 is 0. The molecule has 1 aromatic carbocycles. The molecule has 1 nitrogen and oxygen atoms in total. The molecule has 1 aliphatic rings. The Balaban J connectivity index is 1.83. The molecule has 90 valence electrons. The Labute approximate surface area is 108 Å². The van der Waals surface area contributed by atoms with Crippen molar-refractivity contribution in [3.8, 4) is 0 Å². The summed E-state index contributed by atoms with van der Waals surface area (Å²) >= 11 is 0. The Bertz CT molecular complexity index is 555. The summed E-state index contributed by atoms with van der Waals surface area (Å²) in [5.74, 6) is 0. The molecular weight excluding hydrogens is 218 g/mol. The zero-order valence-corrected chi connectivity index (χ0v) is 10.5. The highest BCUT2D eigenvalue weighted by molar-refractivity contribution is 5.69. The van der Waals surface area contributed by atoms with Gasteiger partial charge < -0.3 is 0 Å². The Kier molecular flexibility index (Phi) is 3.22. The van der Waals surface area contributed by atoms with Crippen molar-refractivity contribution in [3.63, 3.8) is 0 Å². The van der Waals surface area contributed by atoms with E-state index in [-0.39, 0.29) is 0 Å². The lowest BCUT2D eigenvalue weighted by Gasteiger charge is -2.15. The quantitative estimate of drug-likeness (QED) is 0.762. The fourth-order valence-corrected chi connectivity index (χ4v) is 2.52. The molecule has 3 rings (SSSR count). The minimum atomic E-state index is 1.20. The number of nitrogens with zero attached hydrogens (tertiary/aromatic N) is 1. The predicted molar refractivity (Wildman–Crippen MR) is 76.2 cm³/mol. The zero-order chi connectivity index (χ0) is 12.2. The first kappa shape index (κ1) is 11.2. The Morgan fingerprint density at radius 3 is 2.33 bits per heavy atom. The monoisotopic (exact) mass is 235 g/mol. The van der Waals surface area contributed by atoms with E-state index in [2.05, 4.69) is 35.3 Å². The van der Waals surface area contributed by atoms with Gasteiger partial charge in [0.2, 0.25) is 0 Å². The van der Waals surface area contributed by atoms with Crippen LogP contribution in [0.4, 0.5) is 0 Å². The van der Waals surface area contributed by atoms with E-state index in [0.29, 0.717) is 0 Å². The third-order valence-corrected chi connectivity index (χ3v) is 3.55. The highest BCUT2D eigenvalue weighted by Gasteiger charge is 2.08. The fourth-order valence-electron chi connectivity index (χ4n) is 2.52. The van der Waals surface area contributed by atoms with Gasteiger partial charge in [0.25, 0.3) is 0 Å². The van der Waals surface area contributed by atoms with E-state index in [0.717, 1.165) is 0 Å². The van der Waals surface area contributed by atoms with Gasteiger partial charge >= 0.3 is 0 Å². The van der Waals surface area contributed by atoms with E-state index in [9.17, 15) is 0 Å². The van der Waals surface area contributed by atoms with Gasteiger partial charge in [-0.2, -0.15) is 0 Å². The topological polar surface area (TPSA) is 12.9 Å². The molecule has 0 fully saturated rings. The summed E-state index contributed by atoms with van der Waals surface area (Å²) in [7, 11) is 0. The van der Waals surface area contributed by atoms with E-state index in [1.807, 2.05) is 24.5 Å². The molecule has 0 spiro atoms. The number of aromatic nitrogens is 1. The van der Waals surface area contributed by atoms with Crippen LogP contribution < -0.4 is 0 Å². The number of hydrogen-bond donors (Lipinski definition) is 0. The van der Waals surface area contributed by atoms with Crippen molar-refractivity contribution in [2.75, 3.05) is 0 Å². The van der Waals surface area contributed by atoms with Crippen molar-refractivity contribution < 1.29 is 0 Å². The van der Waals surface area contributed by atoms with Crippen molar-refractivity contribution in [2.24, 2.45) is 0 Å². The summed E-state index contributed by atoms with van der Waals surface area (Å²) in [4.78, 5) is 4.02. The van der Waals surface area contributed by atoms with Gasteiger partial charge in [-0.3, -0.25) is 4.98 Å². The predicted octanol–water partition coefficient (Wildman–Crippen LogP) is 4.13. The molecule has 18 heavy (non-hydrogen) atoms. The minimum Gasteiger partial charge on any atom is -0.265 e. The molecular formula is C17H17N. The molecule has 1 aromatic heterocycles. The molecule has 0 aliphatic heterocycles. The second-order valence-electron chi connectivity index (χ2n) is 4.85. The Hall–Kier alpha value is -1.89. The summed E-state index contributed by atoms with van der Waals surface area (Å²) in [6.45, 7) is 0.